The summed E-state index contributed by atoms with van der Waals surface area (Å²) in [7, 11) is 0. The highest BCUT2D eigenvalue weighted by molar-refractivity contribution is 5.40. The molecule has 7 nitrogen and oxygen atoms in total. The number of anilines is 1. The predicted molar refractivity (Wildman–Crippen MR) is 114 cm³/mol. The molecule has 2 saturated carbocycles. The van der Waals surface area contributed by atoms with Gasteiger partial charge in [0.25, 0.3) is 0 Å². The summed E-state index contributed by atoms with van der Waals surface area (Å²) < 4.78 is 20.9. The molecule has 1 aromatic heterocycles. The quantitative estimate of drug-likeness (QED) is 0.734. The first-order valence-corrected chi connectivity index (χ1v) is 11.7. The van der Waals surface area contributed by atoms with E-state index in [1.54, 1.807) is 6.33 Å². The standard InChI is InChI=1S/C22H35FN6O/c1-3-6-28-7-9-29(10-8-28)20-13-18(24-14-25-20)21-15-11-19(30-22(2)4-5-22)16(23)12-17(15)26-27-21/h13-17,19,21,26-27H,3-12H2,1-2H3. The van der Waals surface area contributed by atoms with Crippen LogP contribution in [0, 0.1) is 5.92 Å². The van der Waals surface area contributed by atoms with Gasteiger partial charge in [-0.2, -0.15) is 0 Å². The Bertz CT molecular complexity index is 738. The second-order valence-electron chi connectivity index (χ2n) is 9.76. The molecule has 2 aliphatic heterocycles. The first kappa shape index (κ1) is 20.5. The van der Waals surface area contributed by atoms with Crippen molar-refractivity contribution >= 4 is 5.82 Å². The van der Waals surface area contributed by atoms with Crippen molar-refractivity contribution in [3.8, 4) is 0 Å². The topological polar surface area (TPSA) is 65.5 Å². The van der Waals surface area contributed by atoms with Crippen molar-refractivity contribution in [3.63, 3.8) is 0 Å². The molecule has 0 amide bonds. The summed E-state index contributed by atoms with van der Waals surface area (Å²) >= 11 is 0. The van der Waals surface area contributed by atoms with E-state index in [0.717, 1.165) is 57.0 Å². The van der Waals surface area contributed by atoms with Crippen LogP contribution in [0.5, 0.6) is 0 Å². The zero-order valence-corrected chi connectivity index (χ0v) is 18.2. The Hall–Kier alpha value is -1.35. The van der Waals surface area contributed by atoms with Crippen molar-refractivity contribution < 1.29 is 9.13 Å². The van der Waals surface area contributed by atoms with Gasteiger partial charge in [-0.1, -0.05) is 6.92 Å². The lowest BCUT2D eigenvalue weighted by atomic mass is 9.78. The Kier molecular flexibility index (Phi) is 5.68. The number of aromatic nitrogens is 2. The number of hydrazine groups is 1. The molecule has 2 N–H and O–H groups in total. The van der Waals surface area contributed by atoms with Crippen molar-refractivity contribution in [3.05, 3.63) is 18.1 Å². The van der Waals surface area contributed by atoms with Gasteiger partial charge in [0, 0.05) is 44.2 Å². The molecule has 0 bridgehead atoms. The van der Waals surface area contributed by atoms with Gasteiger partial charge in [-0.3, -0.25) is 10.3 Å². The molecule has 8 heteroatoms. The number of fused-ring (bicyclic) bond motifs is 1. The number of nitrogens with one attached hydrogen (secondary N) is 2. The maximum Gasteiger partial charge on any atom is 0.132 e. The third kappa shape index (κ3) is 4.20. The molecule has 0 spiro atoms. The molecule has 1 aromatic rings. The van der Waals surface area contributed by atoms with Gasteiger partial charge in [0.15, 0.2) is 0 Å². The lowest BCUT2D eigenvalue weighted by molar-refractivity contribution is -0.0886. The van der Waals surface area contributed by atoms with Crippen molar-refractivity contribution in [1.29, 1.82) is 0 Å². The van der Waals surface area contributed by atoms with E-state index in [1.165, 1.54) is 13.0 Å². The van der Waals surface area contributed by atoms with Crippen LogP contribution >= 0.6 is 0 Å². The summed E-state index contributed by atoms with van der Waals surface area (Å²) in [5.74, 6) is 1.27. The predicted octanol–water partition coefficient (Wildman–Crippen LogP) is 2.21. The Balaban J connectivity index is 1.27. The third-order valence-corrected chi connectivity index (χ3v) is 7.37. The van der Waals surface area contributed by atoms with Crippen LogP contribution in [0.2, 0.25) is 0 Å². The zero-order valence-electron chi connectivity index (χ0n) is 18.2. The smallest absolute Gasteiger partial charge is 0.132 e. The van der Waals surface area contributed by atoms with Gasteiger partial charge in [-0.15, -0.1) is 0 Å². The zero-order chi connectivity index (χ0) is 20.7. The highest BCUT2D eigenvalue weighted by Gasteiger charge is 2.50. The van der Waals surface area contributed by atoms with E-state index in [0.29, 0.717) is 6.42 Å². The van der Waals surface area contributed by atoms with E-state index in [-0.39, 0.29) is 29.7 Å². The Morgan fingerprint density at radius 1 is 1.17 bits per heavy atom. The lowest BCUT2D eigenvalue weighted by Gasteiger charge is -2.37. The summed E-state index contributed by atoms with van der Waals surface area (Å²) in [5.41, 5.74) is 7.62. The first-order chi connectivity index (χ1) is 14.5. The summed E-state index contributed by atoms with van der Waals surface area (Å²) in [6.07, 6.45) is 4.97. The summed E-state index contributed by atoms with van der Waals surface area (Å²) in [6, 6.07) is 2.30. The highest BCUT2D eigenvalue weighted by Crippen LogP contribution is 2.45. The molecule has 4 aliphatic rings. The van der Waals surface area contributed by atoms with E-state index < -0.39 is 6.17 Å². The monoisotopic (exact) mass is 418 g/mol. The van der Waals surface area contributed by atoms with E-state index in [1.807, 2.05) is 0 Å². The minimum atomic E-state index is -0.905. The number of hydrogen-bond acceptors (Lipinski definition) is 7. The molecule has 0 radical (unpaired) electrons. The van der Waals surface area contributed by atoms with Crippen molar-refractivity contribution in [2.45, 2.75) is 75.9 Å². The molecule has 5 unspecified atom stereocenters. The van der Waals surface area contributed by atoms with E-state index in [2.05, 4.69) is 50.5 Å². The Labute approximate surface area is 178 Å². The normalized spacial score (nSPS) is 36.0. The lowest BCUT2D eigenvalue weighted by Crippen LogP contribution is -2.47. The minimum Gasteiger partial charge on any atom is -0.369 e. The van der Waals surface area contributed by atoms with Gasteiger partial charge in [0.05, 0.1) is 23.4 Å². The fraction of sp³-hybridized carbons (Fsp3) is 0.818. The average Bonchev–Trinajstić information content (AvgIpc) is 3.34. The second kappa shape index (κ2) is 8.30. The molecule has 2 aliphatic carbocycles. The van der Waals surface area contributed by atoms with Crippen LogP contribution in [0.4, 0.5) is 10.2 Å². The maximum atomic E-state index is 14.7. The van der Waals surface area contributed by atoms with E-state index in [4.69, 9.17) is 4.74 Å². The largest absolute Gasteiger partial charge is 0.369 e. The van der Waals surface area contributed by atoms with Crippen LogP contribution in [0.15, 0.2) is 12.4 Å². The van der Waals surface area contributed by atoms with Crippen LogP contribution in [0.25, 0.3) is 0 Å². The summed E-state index contributed by atoms with van der Waals surface area (Å²) in [5, 5.41) is 0. The van der Waals surface area contributed by atoms with Crippen molar-refractivity contribution in [1.82, 2.24) is 25.7 Å². The van der Waals surface area contributed by atoms with Gasteiger partial charge in [0.2, 0.25) is 0 Å². The molecular weight excluding hydrogens is 383 g/mol. The number of piperazine rings is 1. The van der Waals surface area contributed by atoms with E-state index in [9.17, 15) is 4.39 Å². The van der Waals surface area contributed by atoms with Crippen molar-refractivity contribution in [2.75, 3.05) is 37.6 Å². The first-order valence-electron chi connectivity index (χ1n) is 11.7. The van der Waals surface area contributed by atoms with Crippen LogP contribution < -0.4 is 15.8 Å². The minimum absolute atomic E-state index is 0.0590. The van der Waals surface area contributed by atoms with Gasteiger partial charge >= 0.3 is 0 Å². The van der Waals surface area contributed by atoms with Gasteiger partial charge in [-0.25, -0.2) is 19.8 Å². The van der Waals surface area contributed by atoms with Crippen LogP contribution in [0.1, 0.15) is 57.7 Å². The molecule has 5 atom stereocenters. The number of hydrogen-bond donors (Lipinski definition) is 2. The average molecular weight is 419 g/mol. The molecule has 5 rings (SSSR count). The van der Waals surface area contributed by atoms with E-state index >= 15 is 0 Å². The fourth-order valence-corrected chi connectivity index (χ4v) is 5.28. The molecule has 166 valence electrons. The van der Waals surface area contributed by atoms with Crippen LogP contribution in [-0.4, -0.2) is 71.5 Å². The number of rotatable bonds is 6. The molecule has 30 heavy (non-hydrogen) atoms. The second-order valence-corrected chi connectivity index (χ2v) is 9.76. The molecule has 0 aromatic carbocycles. The fourth-order valence-electron chi connectivity index (χ4n) is 5.28. The van der Waals surface area contributed by atoms with Gasteiger partial charge in [-0.05, 0) is 45.6 Å². The molecule has 3 heterocycles. The van der Waals surface area contributed by atoms with Gasteiger partial charge in [0.1, 0.15) is 18.3 Å². The number of nitrogens with zero attached hydrogens (tertiary/aromatic N) is 4. The number of ether oxygens (including phenoxy) is 1. The summed E-state index contributed by atoms with van der Waals surface area (Å²) in [4.78, 5) is 14.0. The highest BCUT2D eigenvalue weighted by atomic mass is 19.1. The molecule has 4 fully saturated rings. The maximum absolute atomic E-state index is 14.7. The van der Waals surface area contributed by atoms with Crippen LogP contribution in [-0.2, 0) is 4.74 Å². The summed E-state index contributed by atoms with van der Waals surface area (Å²) in [6.45, 7) is 9.66. The number of halogens is 1. The third-order valence-electron chi connectivity index (χ3n) is 7.37. The van der Waals surface area contributed by atoms with Gasteiger partial charge < -0.3 is 9.64 Å². The Morgan fingerprint density at radius 3 is 2.70 bits per heavy atom. The van der Waals surface area contributed by atoms with Crippen LogP contribution in [0.3, 0.4) is 0 Å². The van der Waals surface area contributed by atoms with Crippen molar-refractivity contribution in [2.24, 2.45) is 5.92 Å². The Morgan fingerprint density at radius 2 is 1.97 bits per heavy atom. The molecule has 2 saturated heterocycles. The molecular formula is C22H35FN6O. The SMILES string of the molecule is CCCN1CCN(c2cc(C3NNC4CC(F)C(OC5(C)CC5)CC43)ncn2)CC1. The number of alkyl halides is 1.